The summed E-state index contributed by atoms with van der Waals surface area (Å²) in [4.78, 5) is 8.86. The van der Waals surface area contributed by atoms with Gasteiger partial charge < -0.3 is 22.1 Å². The van der Waals surface area contributed by atoms with Gasteiger partial charge in [0.25, 0.3) is 0 Å². The summed E-state index contributed by atoms with van der Waals surface area (Å²) in [6, 6.07) is 7.82. The zero-order chi connectivity index (χ0) is 12.8. The molecule has 18 heavy (non-hydrogen) atoms. The highest BCUT2D eigenvalue weighted by Crippen LogP contribution is 2.15. The summed E-state index contributed by atoms with van der Waals surface area (Å²) in [5.74, 6) is 1.58. The second-order valence-corrected chi connectivity index (χ2v) is 3.87. The smallest absolute Gasteiger partial charge is 0.163 e. The van der Waals surface area contributed by atoms with Crippen molar-refractivity contribution < 1.29 is 0 Å². The summed E-state index contributed by atoms with van der Waals surface area (Å²) in [7, 11) is 0. The van der Waals surface area contributed by atoms with E-state index in [1.54, 1.807) is 0 Å². The molecule has 2 aromatic heterocycles. The van der Waals surface area contributed by atoms with Crippen molar-refractivity contribution in [3.05, 3.63) is 24.3 Å². The number of fused-ring (bicyclic) bond motifs is 1. The summed E-state index contributed by atoms with van der Waals surface area (Å²) in [6.07, 6.45) is 0. The van der Waals surface area contributed by atoms with Gasteiger partial charge in [-0.2, -0.15) is 0 Å². The average molecular weight is 246 g/mol. The van der Waals surface area contributed by atoms with Crippen LogP contribution in [0.2, 0.25) is 0 Å². The third-order valence-electron chi connectivity index (χ3n) is 2.45. The first kappa shape index (κ1) is 12.5. The lowest BCUT2D eigenvalue weighted by atomic mass is 10.3. The van der Waals surface area contributed by atoms with Crippen LogP contribution in [0, 0.1) is 0 Å². The predicted octanol–water partition coefficient (Wildman–Crippen LogP) is 0.371. The average Bonchev–Trinajstić information content (AvgIpc) is 2.42. The van der Waals surface area contributed by atoms with Crippen molar-refractivity contribution >= 4 is 22.7 Å². The minimum absolute atomic E-state index is 0.575. The summed E-state index contributed by atoms with van der Waals surface area (Å²) in [5, 5.41) is 7.27. The van der Waals surface area contributed by atoms with Crippen LogP contribution in [0.25, 0.3) is 11.0 Å². The van der Waals surface area contributed by atoms with Crippen LogP contribution in [-0.2, 0) is 0 Å². The van der Waals surface area contributed by atoms with Crippen LogP contribution in [-0.4, -0.2) is 36.1 Å². The maximum atomic E-state index is 5.44. The molecule has 0 aromatic carbocycles. The molecule has 0 bridgehead atoms. The molecule has 0 unspecified atom stereocenters. The Hall–Kier alpha value is -1.92. The normalized spacial score (nSPS) is 10.6. The molecule has 6 nitrogen and oxygen atoms in total. The first-order valence-electron chi connectivity index (χ1n) is 5.99. The van der Waals surface area contributed by atoms with Gasteiger partial charge in [0.1, 0.15) is 11.6 Å². The fourth-order valence-corrected chi connectivity index (χ4v) is 1.60. The van der Waals surface area contributed by atoms with Crippen LogP contribution < -0.4 is 22.1 Å². The molecule has 0 aliphatic carbocycles. The molecule has 0 saturated carbocycles. The van der Waals surface area contributed by atoms with Gasteiger partial charge >= 0.3 is 0 Å². The van der Waals surface area contributed by atoms with Crippen LogP contribution in [0.15, 0.2) is 24.3 Å². The fourth-order valence-electron chi connectivity index (χ4n) is 1.60. The molecule has 2 heterocycles. The van der Waals surface area contributed by atoms with E-state index >= 15 is 0 Å². The number of hydrogen-bond acceptors (Lipinski definition) is 6. The summed E-state index contributed by atoms with van der Waals surface area (Å²) < 4.78 is 0. The molecule has 2 rings (SSSR count). The van der Waals surface area contributed by atoms with Crippen molar-refractivity contribution in [1.82, 2.24) is 9.97 Å². The number of nitrogens with two attached hydrogens (primary N) is 2. The Balaban J connectivity index is 2.22. The molecule has 6 N–H and O–H groups in total. The Morgan fingerprint density at radius 2 is 1.33 bits per heavy atom. The SMILES string of the molecule is NCCNc1ccc2ccc(NCCN)nc2n1. The van der Waals surface area contributed by atoms with Gasteiger partial charge in [0.05, 0.1) is 0 Å². The molecule has 0 aliphatic rings. The molecule has 0 spiro atoms. The van der Waals surface area contributed by atoms with E-state index in [1.165, 1.54) is 0 Å². The maximum absolute atomic E-state index is 5.44. The van der Waals surface area contributed by atoms with Crippen LogP contribution in [0.4, 0.5) is 11.6 Å². The molecule has 96 valence electrons. The molecule has 0 amide bonds. The quantitative estimate of drug-likeness (QED) is 0.587. The fraction of sp³-hybridized carbons (Fsp3) is 0.333. The van der Waals surface area contributed by atoms with Crippen LogP contribution in [0.1, 0.15) is 0 Å². The Kier molecular flexibility index (Phi) is 4.27. The first-order chi connectivity index (χ1) is 8.83. The molecule has 0 atom stereocenters. The highest BCUT2D eigenvalue weighted by atomic mass is 15.1. The Bertz CT molecular complexity index is 470. The van der Waals surface area contributed by atoms with Crippen molar-refractivity contribution in [3.8, 4) is 0 Å². The Morgan fingerprint density at radius 1 is 0.833 bits per heavy atom. The number of pyridine rings is 2. The number of hydrogen-bond donors (Lipinski definition) is 4. The molecule has 0 fully saturated rings. The Labute approximate surface area is 106 Å². The number of aromatic nitrogens is 2. The number of anilines is 2. The summed E-state index contributed by atoms with van der Waals surface area (Å²) in [6.45, 7) is 2.55. The van der Waals surface area contributed by atoms with E-state index < -0.39 is 0 Å². The van der Waals surface area contributed by atoms with Gasteiger partial charge in [-0.3, -0.25) is 0 Å². The highest BCUT2D eigenvalue weighted by Gasteiger charge is 2.01. The van der Waals surface area contributed by atoms with Crippen LogP contribution in [0.5, 0.6) is 0 Å². The van der Waals surface area contributed by atoms with Crippen molar-refractivity contribution in [2.24, 2.45) is 11.5 Å². The number of nitrogens with zero attached hydrogens (tertiary/aromatic N) is 2. The number of nitrogens with one attached hydrogen (secondary N) is 2. The summed E-state index contributed by atoms with van der Waals surface area (Å²) in [5.41, 5.74) is 11.6. The van der Waals surface area contributed by atoms with Gasteiger partial charge in [-0.05, 0) is 24.3 Å². The third kappa shape index (κ3) is 3.06. The first-order valence-corrected chi connectivity index (χ1v) is 5.99. The van der Waals surface area contributed by atoms with Crippen molar-refractivity contribution in [2.45, 2.75) is 0 Å². The second-order valence-electron chi connectivity index (χ2n) is 3.87. The summed E-state index contributed by atoms with van der Waals surface area (Å²) >= 11 is 0. The second kappa shape index (κ2) is 6.13. The topological polar surface area (TPSA) is 102 Å². The van der Waals surface area contributed by atoms with Crippen molar-refractivity contribution in [1.29, 1.82) is 0 Å². The minimum Gasteiger partial charge on any atom is -0.369 e. The third-order valence-corrected chi connectivity index (χ3v) is 2.45. The van der Waals surface area contributed by atoms with Gasteiger partial charge in [-0.1, -0.05) is 0 Å². The van der Waals surface area contributed by atoms with Crippen LogP contribution in [0.3, 0.4) is 0 Å². The van der Waals surface area contributed by atoms with E-state index in [2.05, 4.69) is 20.6 Å². The van der Waals surface area contributed by atoms with E-state index in [1.807, 2.05) is 24.3 Å². The van der Waals surface area contributed by atoms with E-state index in [0.717, 1.165) is 17.0 Å². The maximum Gasteiger partial charge on any atom is 0.163 e. The molecule has 0 aliphatic heterocycles. The largest absolute Gasteiger partial charge is 0.369 e. The zero-order valence-electron chi connectivity index (χ0n) is 10.2. The lowest BCUT2D eigenvalue weighted by Gasteiger charge is -2.07. The van der Waals surface area contributed by atoms with Gasteiger partial charge in [-0.25, -0.2) is 9.97 Å². The van der Waals surface area contributed by atoms with Crippen LogP contribution >= 0.6 is 0 Å². The molecule has 6 heteroatoms. The van der Waals surface area contributed by atoms with E-state index in [0.29, 0.717) is 31.8 Å². The lowest BCUT2D eigenvalue weighted by Crippen LogP contribution is -2.14. The van der Waals surface area contributed by atoms with E-state index in [-0.39, 0.29) is 0 Å². The molecule has 2 aromatic rings. The zero-order valence-corrected chi connectivity index (χ0v) is 10.2. The predicted molar refractivity (Wildman–Crippen MR) is 74.6 cm³/mol. The van der Waals surface area contributed by atoms with Gasteiger partial charge in [0.2, 0.25) is 0 Å². The highest BCUT2D eigenvalue weighted by molar-refractivity contribution is 5.78. The van der Waals surface area contributed by atoms with Gasteiger partial charge in [-0.15, -0.1) is 0 Å². The monoisotopic (exact) mass is 246 g/mol. The standard InChI is InChI=1S/C12H18N6/c13-5-7-15-10-3-1-9-2-4-11(16-8-6-14)18-12(9)17-10/h1-4H,5-8,13-14H2,(H2,15,16,17,18). The van der Waals surface area contributed by atoms with Crippen molar-refractivity contribution in [2.75, 3.05) is 36.8 Å². The molecular weight excluding hydrogens is 228 g/mol. The van der Waals surface area contributed by atoms with E-state index in [4.69, 9.17) is 11.5 Å². The molecule has 0 saturated heterocycles. The lowest BCUT2D eigenvalue weighted by molar-refractivity contribution is 1.01. The molecular formula is C12H18N6. The van der Waals surface area contributed by atoms with Crippen molar-refractivity contribution in [3.63, 3.8) is 0 Å². The van der Waals surface area contributed by atoms with E-state index in [9.17, 15) is 0 Å². The van der Waals surface area contributed by atoms with Gasteiger partial charge in [0, 0.05) is 31.6 Å². The Morgan fingerprint density at radius 3 is 1.78 bits per heavy atom. The molecule has 0 radical (unpaired) electrons. The number of rotatable bonds is 6. The minimum atomic E-state index is 0.575. The van der Waals surface area contributed by atoms with Gasteiger partial charge in [0.15, 0.2) is 5.65 Å².